The number of benzene rings is 2. The molecule has 0 bridgehead atoms. The van der Waals surface area contributed by atoms with E-state index >= 15 is 0 Å². The lowest BCUT2D eigenvalue weighted by atomic mass is 9.88. The van der Waals surface area contributed by atoms with Gasteiger partial charge in [-0.1, -0.05) is 41.9 Å². The average molecular weight is 287 g/mol. The van der Waals surface area contributed by atoms with Crippen molar-refractivity contribution in [2.24, 2.45) is 0 Å². The van der Waals surface area contributed by atoms with Crippen molar-refractivity contribution in [2.45, 2.75) is 12.3 Å². The predicted octanol–water partition coefficient (Wildman–Crippen LogP) is 3.67. The maximum atomic E-state index is 9.95. The maximum absolute atomic E-state index is 9.95. The van der Waals surface area contributed by atoms with Gasteiger partial charge in [-0.05, 0) is 42.3 Å². The van der Waals surface area contributed by atoms with Crippen LogP contribution in [0.15, 0.2) is 42.5 Å². The second-order valence-electron chi connectivity index (χ2n) is 5.48. The molecule has 0 fully saturated rings. The van der Waals surface area contributed by atoms with Crippen molar-refractivity contribution in [1.29, 1.82) is 0 Å². The first-order valence-electron chi connectivity index (χ1n) is 6.90. The number of hydrogen-bond donors (Lipinski definition) is 1. The molecule has 3 heteroatoms. The van der Waals surface area contributed by atoms with Crippen LogP contribution in [0.4, 0.5) is 0 Å². The van der Waals surface area contributed by atoms with E-state index in [1.165, 1.54) is 16.7 Å². The standard InChI is InChI=1S/C17H18ClNO/c1-19-8-7-13-9-16(18)17(20)10-14(13)15(11-19)12-5-3-2-4-6-12/h2-6,9-10,15,20H,7-8,11H2,1H3/i1-1. The summed E-state index contributed by atoms with van der Waals surface area (Å²) in [6.45, 7) is 1.97. The fourth-order valence-electron chi connectivity index (χ4n) is 2.94. The first-order chi connectivity index (χ1) is 9.65. The normalized spacial score (nSPS) is 19.4. The van der Waals surface area contributed by atoms with E-state index in [0.29, 0.717) is 5.02 Å². The summed E-state index contributed by atoms with van der Waals surface area (Å²) >= 11 is 6.07. The van der Waals surface area contributed by atoms with Crippen molar-refractivity contribution in [3.63, 3.8) is 0 Å². The van der Waals surface area contributed by atoms with Gasteiger partial charge in [0, 0.05) is 19.0 Å². The highest BCUT2D eigenvalue weighted by atomic mass is 35.5. The quantitative estimate of drug-likeness (QED) is 0.865. The highest BCUT2D eigenvalue weighted by Gasteiger charge is 2.24. The Morgan fingerprint density at radius 3 is 2.70 bits per heavy atom. The minimum atomic E-state index is 0.177. The van der Waals surface area contributed by atoms with Crippen LogP contribution in [0.1, 0.15) is 22.6 Å². The van der Waals surface area contributed by atoms with E-state index in [1.54, 1.807) is 0 Å². The summed E-state index contributed by atoms with van der Waals surface area (Å²) in [5.74, 6) is 0.456. The second-order valence-corrected chi connectivity index (χ2v) is 5.89. The molecule has 0 amide bonds. The molecule has 1 N–H and O–H groups in total. The van der Waals surface area contributed by atoms with E-state index in [0.717, 1.165) is 19.5 Å². The smallest absolute Gasteiger partial charge is 0.134 e. The van der Waals surface area contributed by atoms with Gasteiger partial charge in [0.2, 0.25) is 0 Å². The van der Waals surface area contributed by atoms with Gasteiger partial charge in [0.15, 0.2) is 0 Å². The molecule has 0 saturated carbocycles. The third kappa shape index (κ3) is 2.54. The molecular weight excluding hydrogens is 269 g/mol. The fourth-order valence-corrected chi connectivity index (χ4v) is 3.13. The number of hydrogen-bond acceptors (Lipinski definition) is 2. The van der Waals surface area contributed by atoms with Gasteiger partial charge in [0.1, 0.15) is 5.75 Å². The van der Waals surface area contributed by atoms with Crippen LogP contribution in [0.2, 0.25) is 5.02 Å². The molecule has 2 aromatic carbocycles. The number of nitrogens with zero attached hydrogens (tertiary/aromatic N) is 1. The third-order valence-electron chi connectivity index (χ3n) is 4.04. The van der Waals surface area contributed by atoms with Gasteiger partial charge in [0.05, 0.1) is 5.02 Å². The summed E-state index contributed by atoms with van der Waals surface area (Å²) in [5.41, 5.74) is 3.72. The zero-order valence-electron chi connectivity index (χ0n) is 11.5. The van der Waals surface area contributed by atoms with Crippen LogP contribution in [0.3, 0.4) is 0 Å². The largest absolute Gasteiger partial charge is 0.506 e. The molecule has 2 nitrogen and oxygen atoms in total. The first-order valence-corrected chi connectivity index (χ1v) is 7.27. The van der Waals surface area contributed by atoms with Crippen LogP contribution in [-0.2, 0) is 6.42 Å². The van der Waals surface area contributed by atoms with Crippen molar-refractivity contribution in [3.05, 3.63) is 64.2 Å². The van der Waals surface area contributed by atoms with Gasteiger partial charge in [-0.15, -0.1) is 0 Å². The molecule has 1 heterocycles. The van der Waals surface area contributed by atoms with E-state index in [2.05, 4.69) is 36.2 Å². The van der Waals surface area contributed by atoms with Crippen molar-refractivity contribution >= 4 is 11.6 Å². The van der Waals surface area contributed by atoms with Gasteiger partial charge in [0.25, 0.3) is 0 Å². The summed E-state index contributed by atoms with van der Waals surface area (Å²) in [6, 6.07) is 14.2. The number of likely N-dealkylation sites (N-methyl/N-ethyl adjacent to an activating group) is 1. The molecule has 1 aliphatic heterocycles. The Morgan fingerprint density at radius 1 is 1.20 bits per heavy atom. The molecular formula is C17H18ClNO. The van der Waals surface area contributed by atoms with Gasteiger partial charge in [-0.2, -0.15) is 0 Å². The Kier molecular flexibility index (Phi) is 3.68. The number of phenols is 1. The minimum absolute atomic E-state index is 0.177. The predicted molar refractivity (Wildman–Crippen MR) is 82.6 cm³/mol. The lowest BCUT2D eigenvalue weighted by Crippen LogP contribution is -2.24. The van der Waals surface area contributed by atoms with Crippen molar-refractivity contribution in [3.8, 4) is 5.75 Å². The number of rotatable bonds is 1. The molecule has 104 valence electrons. The molecule has 0 saturated heterocycles. The van der Waals surface area contributed by atoms with Gasteiger partial charge in [-0.25, -0.2) is 0 Å². The molecule has 20 heavy (non-hydrogen) atoms. The number of phenolic OH excluding ortho intramolecular Hbond substituents is 1. The minimum Gasteiger partial charge on any atom is -0.506 e. The molecule has 3 rings (SSSR count). The molecule has 0 radical (unpaired) electrons. The number of halogens is 1. The Labute approximate surface area is 124 Å². The molecule has 1 aliphatic rings. The van der Waals surface area contributed by atoms with E-state index in [4.69, 9.17) is 11.6 Å². The van der Waals surface area contributed by atoms with Gasteiger partial charge < -0.3 is 10.0 Å². The lowest BCUT2D eigenvalue weighted by Gasteiger charge is -2.22. The highest BCUT2D eigenvalue weighted by molar-refractivity contribution is 6.32. The summed E-state index contributed by atoms with van der Waals surface area (Å²) < 4.78 is 0. The Morgan fingerprint density at radius 2 is 1.95 bits per heavy atom. The van der Waals surface area contributed by atoms with Crippen LogP contribution in [0, 0.1) is 0 Å². The molecule has 1 atom stereocenters. The molecule has 2 aromatic rings. The number of fused-ring (bicyclic) bond motifs is 1. The van der Waals surface area contributed by atoms with Crippen molar-refractivity contribution < 1.29 is 5.11 Å². The van der Waals surface area contributed by atoms with Crippen molar-refractivity contribution in [1.82, 2.24) is 4.90 Å². The topological polar surface area (TPSA) is 23.5 Å². The first kappa shape index (κ1) is 13.5. The van der Waals surface area contributed by atoms with Crippen LogP contribution >= 0.6 is 11.6 Å². The average Bonchev–Trinajstić information content (AvgIpc) is 2.61. The van der Waals surface area contributed by atoms with E-state index in [9.17, 15) is 5.11 Å². The third-order valence-corrected chi connectivity index (χ3v) is 4.35. The van der Waals surface area contributed by atoms with Crippen LogP contribution in [0.5, 0.6) is 5.75 Å². The maximum Gasteiger partial charge on any atom is 0.134 e. The Hall–Kier alpha value is -1.51. The molecule has 0 spiro atoms. The SMILES string of the molecule is [11CH3]N1CCc2cc(Cl)c(O)cc2C(c2ccccc2)C1. The Balaban J connectivity index is 2.12. The van der Waals surface area contributed by atoms with E-state index < -0.39 is 0 Å². The zero-order chi connectivity index (χ0) is 14.1. The molecule has 0 aliphatic carbocycles. The second kappa shape index (κ2) is 5.47. The lowest BCUT2D eigenvalue weighted by molar-refractivity contribution is 0.338. The monoisotopic (exact) mass is 286 g/mol. The Bertz CT molecular complexity index is 612. The fraction of sp³-hybridized carbons (Fsp3) is 0.294. The van der Waals surface area contributed by atoms with Gasteiger partial charge >= 0.3 is 0 Å². The summed E-state index contributed by atoms with van der Waals surface area (Å²) in [5, 5.41) is 10.4. The van der Waals surface area contributed by atoms with Gasteiger partial charge in [-0.3, -0.25) is 0 Å². The zero-order valence-corrected chi connectivity index (χ0v) is 12.3. The van der Waals surface area contributed by atoms with E-state index in [-0.39, 0.29) is 11.7 Å². The summed E-state index contributed by atoms with van der Waals surface area (Å²) in [4.78, 5) is 2.34. The molecule has 1 unspecified atom stereocenters. The highest BCUT2D eigenvalue weighted by Crippen LogP contribution is 2.36. The number of aromatic hydroxyl groups is 1. The van der Waals surface area contributed by atoms with Crippen LogP contribution in [0.25, 0.3) is 0 Å². The van der Waals surface area contributed by atoms with Crippen LogP contribution < -0.4 is 0 Å². The summed E-state index contributed by atoms with van der Waals surface area (Å²) in [6.07, 6.45) is 0.967. The molecule has 0 aromatic heterocycles. The van der Waals surface area contributed by atoms with Crippen molar-refractivity contribution in [2.75, 3.05) is 20.1 Å². The van der Waals surface area contributed by atoms with Crippen LogP contribution in [-0.4, -0.2) is 30.1 Å². The van der Waals surface area contributed by atoms with E-state index in [1.807, 2.05) is 18.2 Å². The summed E-state index contributed by atoms with van der Waals surface area (Å²) in [7, 11) is 2.14.